The Morgan fingerprint density at radius 3 is 2.62 bits per heavy atom. The Balaban J connectivity index is 1.23. The van der Waals surface area contributed by atoms with Crippen molar-refractivity contribution >= 4 is 68.7 Å². The van der Waals surface area contributed by atoms with Gasteiger partial charge in [-0.3, -0.25) is 19.8 Å². The first kappa shape index (κ1) is 27.4. The summed E-state index contributed by atoms with van der Waals surface area (Å²) < 4.78 is 18.0. The molecule has 0 saturated carbocycles. The van der Waals surface area contributed by atoms with Crippen LogP contribution in [-0.2, 0) is 16.1 Å². The maximum absolute atomic E-state index is 13.3. The molecule has 3 aromatic carbocycles. The van der Waals surface area contributed by atoms with Crippen LogP contribution in [0.5, 0.6) is 17.2 Å². The van der Waals surface area contributed by atoms with Gasteiger partial charge >= 0.3 is 0 Å². The number of rotatable bonds is 7. The van der Waals surface area contributed by atoms with E-state index in [1.807, 2.05) is 35.8 Å². The molecule has 4 aromatic rings. The third-order valence-corrected chi connectivity index (χ3v) is 8.17. The van der Waals surface area contributed by atoms with Crippen molar-refractivity contribution in [1.82, 2.24) is 15.0 Å². The van der Waals surface area contributed by atoms with Crippen LogP contribution < -0.4 is 25.0 Å². The highest BCUT2D eigenvalue weighted by Crippen LogP contribution is 2.36. The van der Waals surface area contributed by atoms with E-state index in [0.717, 1.165) is 38.9 Å². The van der Waals surface area contributed by atoms with Gasteiger partial charge in [0.2, 0.25) is 12.7 Å². The number of nitrogens with one attached hydrogen (secondary N) is 2. The third-order valence-electron chi connectivity index (χ3n) is 6.87. The highest BCUT2D eigenvalue weighted by atomic mass is 32.2. The summed E-state index contributed by atoms with van der Waals surface area (Å²) in [4.78, 5) is 39.5. The Morgan fingerprint density at radius 1 is 1.07 bits per heavy atom. The SMILES string of the molecule is COc1ccc(C(=O)NN2C(=O)/C(=C/c3c(C)n(CC(=O)Nc4ccc5c(c4)OCO5)c4ccccc34)SC2=S)cc1. The van der Waals surface area contributed by atoms with Gasteiger partial charge in [-0.25, -0.2) is 0 Å². The third kappa shape index (κ3) is 5.17. The predicted octanol–water partition coefficient (Wildman–Crippen LogP) is 4.87. The number of thiocarbonyl (C=S) groups is 1. The number of carbonyl (C=O) groups is 3. The quantitative estimate of drug-likeness (QED) is 0.228. The van der Waals surface area contributed by atoms with Gasteiger partial charge in [-0.15, -0.1) is 0 Å². The molecule has 2 aliphatic rings. The smallest absolute Gasteiger partial charge is 0.285 e. The number of fused-ring (bicyclic) bond motifs is 2. The van der Waals surface area contributed by atoms with Gasteiger partial charge in [-0.2, -0.15) is 5.01 Å². The zero-order valence-electron chi connectivity index (χ0n) is 22.5. The van der Waals surface area contributed by atoms with Crippen LogP contribution in [0.2, 0.25) is 0 Å². The maximum Gasteiger partial charge on any atom is 0.285 e. The molecule has 3 amide bonds. The Morgan fingerprint density at radius 2 is 1.83 bits per heavy atom. The first-order valence-corrected chi connectivity index (χ1v) is 14.0. The Kier molecular flexibility index (Phi) is 7.31. The number of aromatic nitrogens is 1. The molecule has 3 heterocycles. The predicted molar refractivity (Wildman–Crippen MR) is 163 cm³/mol. The fourth-order valence-electron chi connectivity index (χ4n) is 4.77. The molecule has 1 fully saturated rings. The number of thioether (sulfide) groups is 1. The van der Waals surface area contributed by atoms with Gasteiger partial charge < -0.3 is 24.1 Å². The van der Waals surface area contributed by atoms with Crippen LogP contribution in [0.25, 0.3) is 17.0 Å². The van der Waals surface area contributed by atoms with Crippen LogP contribution in [0, 0.1) is 6.92 Å². The van der Waals surface area contributed by atoms with Crippen LogP contribution in [0.15, 0.2) is 71.6 Å². The summed E-state index contributed by atoms with van der Waals surface area (Å²) in [5.41, 5.74) is 5.96. The number of ether oxygens (including phenoxy) is 3. The van der Waals surface area contributed by atoms with Crippen molar-refractivity contribution in [2.45, 2.75) is 13.5 Å². The molecule has 0 atom stereocenters. The van der Waals surface area contributed by atoms with Gasteiger partial charge in [0.05, 0.1) is 12.0 Å². The molecule has 1 saturated heterocycles. The second kappa shape index (κ2) is 11.2. The summed E-state index contributed by atoms with van der Waals surface area (Å²) in [5.74, 6) is 0.683. The Hall–Kier alpha value is -4.81. The molecule has 0 radical (unpaired) electrons. The zero-order valence-corrected chi connectivity index (χ0v) is 24.1. The molecule has 2 aliphatic heterocycles. The van der Waals surface area contributed by atoms with Gasteiger partial charge in [0.15, 0.2) is 15.8 Å². The second-order valence-corrected chi connectivity index (χ2v) is 11.1. The van der Waals surface area contributed by atoms with Crippen molar-refractivity contribution < 1.29 is 28.6 Å². The van der Waals surface area contributed by atoms with E-state index in [-0.39, 0.29) is 23.6 Å². The molecular weight excluding hydrogens is 576 g/mol. The number of hydrogen-bond acceptors (Lipinski definition) is 8. The van der Waals surface area contributed by atoms with Gasteiger partial charge in [-0.05, 0) is 67.7 Å². The minimum atomic E-state index is -0.476. The molecule has 0 unspecified atom stereocenters. The molecule has 0 spiro atoms. The number of amides is 3. The summed E-state index contributed by atoms with van der Waals surface area (Å²) >= 11 is 6.51. The van der Waals surface area contributed by atoms with Crippen molar-refractivity contribution in [3.63, 3.8) is 0 Å². The molecule has 0 aliphatic carbocycles. The summed E-state index contributed by atoms with van der Waals surface area (Å²) in [5, 5.41) is 4.86. The van der Waals surface area contributed by atoms with E-state index in [0.29, 0.717) is 33.4 Å². The Labute approximate surface area is 250 Å². The summed E-state index contributed by atoms with van der Waals surface area (Å²) in [6.45, 7) is 2.09. The van der Waals surface area contributed by atoms with E-state index in [1.54, 1.807) is 48.5 Å². The van der Waals surface area contributed by atoms with E-state index in [2.05, 4.69) is 10.7 Å². The van der Waals surface area contributed by atoms with Crippen LogP contribution in [0.3, 0.4) is 0 Å². The molecule has 1 aromatic heterocycles. The number of hydrogen-bond donors (Lipinski definition) is 2. The van der Waals surface area contributed by atoms with Gasteiger partial charge in [0.1, 0.15) is 12.3 Å². The fourth-order valence-corrected chi connectivity index (χ4v) is 5.93. The highest BCUT2D eigenvalue weighted by Gasteiger charge is 2.34. The summed E-state index contributed by atoms with van der Waals surface area (Å²) in [6.07, 6.45) is 1.75. The topological polar surface area (TPSA) is 111 Å². The molecule has 10 nitrogen and oxygen atoms in total. The number of para-hydroxylation sites is 1. The number of nitrogens with zero attached hydrogens (tertiary/aromatic N) is 2. The standard InChI is InChI=1S/C30H24N4O6S2/c1-17-22(14-26-29(37)34(30(41)42-26)32-28(36)18-7-10-20(38-2)11-8-18)21-5-3-4-6-23(21)33(17)15-27(35)31-19-9-12-24-25(13-19)40-16-39-24/h3-14H,15-16H2,1-2H3,(H,31,35)(H,32,36)/b26-14-. The minimum Gasteiger partial charge on any atom is -0.497 e. The molecule has 212 valence electrons. The lowest BCUT2D eigenvalue weighted by molar-refractivity contribution is -0.123. The van der Waals surface area contributed by atoms with Crippen molar-refractivity contribution in [1.29, 1.82) is 0 Å². The van der Waals surface area contributed by atoms with Crippen molar-refractivity contribution in [2.75, 3.05) is 19.2 Å². The lowest BCUT2D eigenvalue weighted by atomic mass is 10.1. The summed E-state index contributed by atoms with van der Waals surface area (Å²) in [6, 6.07) is 19.4. The van der Waals surface area contributed by atoms with Gasteiger partial charge in [0, 0.05) is 39.5 Å². The fraction of sp³-hybridized carbons (Fsp3) is 0.133. The second-order valence-electron chi connectivity index (χ2n) is 9.41. The number of carbonyl (C=O) groups excluding carboxylic acids is 3. The maximum atomic E-state index is 13.3. The number of methoxy groups -OCH3 is 1. The molecule has 12 heteroatoms. The van der Waals surface area contributed by atoms with Crippen LogP contribution in [0.4, 0.5) is 5.69 Å². The van der Waals surface area contributed by atoms with E-state index in [1.165, 1.54) is 7.11 Å². The van der Waals surface area contributed by atoms with Crippen LogP contribution >= 0.6 is 24.0 Å². The molecule has 6 rings (SSSR count). The number of hydrazine groups is 1. The number of anilines is 1. The van der Waals surface area contributed by atoms with E-state index < -0.39 is 11.8 Å². The zero-order chi connectivity index (χ0) is 29.4. The minimum absolute atomic E-state index is 0.0491. The van der Waals surface area contributed by atoms with Crippen LogP contribution in [-0.4, -0.2) is 45.5 Å². The van der Waals surface area contributed by atoms with Gasteiger partial charge in [0.25, 0.3) is 11.8 Å². The monoisotopic (exact) mass is 600 g/mol. The highest BCUT2D eigenvalue weighted by molar-refractivity contribution is 8.26. The average Bonchev–Trinajstić information content (AvgIpc) is 3.65. The Bertz CT molecular complexity index is 1800. The van der Waals surface area contributed by atoms with Crippen LogP contribution in [0.1, 0.15) is 21.6 Å². The van der Waals surface area contributed by atoms with Gasteiger partial charge in [-0.1, -0.05) is 30.0 Å². The normalized spacial score (nSPS) is 15.0. The van der Waals surface area contributed by atoms with Crippen molar-refractivity contribution in [2.24, 2.45) is 0 Å². The first-order chi connectivity index (χ1) is 20.3. The lowest BCUT2D eigenvalue weighted by Crippen LogP contribution is -2.44. The summed E-state index contributed by atoms with van der Waals surface area (Å²) in [7, 11) is 1.54. The molecular formula is C30H24N4O6S2. The average molecular weight is 601 g/mol. The van der Waals surface area contributed by atoms with Crippen molar-refractivity contribution in [3.05, 3.63) is 88.5 Å². The van der Waals surface area contributed by atoms with Crippen molar-refractivity contribution in [3.8, 4) is 17.2 Å². The molecule has 42 heavy (non-hydrogen) atoms. The molecule has 2 N–H and O–H groups in total. The number of benzene rings is 3. The van der Waals surface area contributed by atoms with E-state index in [4.69, 9.17) is 26.4 Å². The first-order valence-electron chi connectivity index (χ1n) is 12.8. The largest absolute Gasteiger partial charge is 0.497 e. The van der Waals surface area contributed by atoms with E-state index in [9.17, 15) is 14.4 Å². The van der Waals surface area contributed by atoms with E-state index >= 15 is 0 Å². The lowest BCUT2D eigenvalue weighted by Gasteiger charge is -2.15. The molecule has 0 bridgehead atoms.